The number of hydrogen-bond acceptors (Lipinski definition) is 6. The number of aryl methyl sites for hydroxylation is 1. The van der Waals surface area contributed by atoms with Crippen LogP contribution in [0, 0.1) is 6.92 Å². The molecule has 7 heteroatoms. The third kappa shape index (κ3) is 3.74. The lowest BCUT2D eigenvalue weighted by atomic mass is 10.1. The van der Waals surface area contributed by atoms with Crippen LogP contribution in [0.4, 0.5) is 5.82 Å². The normalized spacial score (nSPS) is 22.1. The lowest BCUT2D eigenvalue weighted by Gasteiger charge is -2.29. The molecule has 2 saturated heterocycles. The molecule has 2 aliphatic heterocycles. The lowest BCUT2D eigenvalue weighted by molar-refractivity contribution is -0.123. The first-order chi connectivity index (χ1) is 14.6. The number of anilines is 1. The van der Waals surface area contributed by atoms with Crippen LogP contribution in [0.25, 0.3) is 17.0 Å². The number of rotatable bonds is 3. The number of amides is 1. The van der Waals surface area contributed by atoms with Crippen LogP contribution in [-0.2, 0) is 9.53 Å². The summed E-state index contributed by atoms with van der Waals surface area (Å²) in [6.45, 7) is 5.07. The van der Waals surface area contributed by atoms with Gasteiger partial charge in [0.05, 0.1) is 23.6 Å². The second-order valence-electron chi connectivity index (χ2n) is 8.19. The van der Waals surface area contributed by atoms with Crippen molar-refractivity contribution >= 4 is 57.0 Å². The van der Waals surface area contributed by atoms with Gasteiger partial charge in [-0.05, 0) is 44.0 Å². The van der Waals surface area contributed by atoms with Gasteiger partial charge in [-0.25, -0.2) is 4.98 Å². The molecule has 3 fully saturated rings. The van der Waals surface area contributed by atoms with Crippen molar-refractivity contribution in [1.82, 2.24) is 9.88 Å². The fourth-order valence-electron chi connectivity index (χ4n) is 4.54. The maximum absolute atomic E-state index is 13.2. The maximum Gasteiger partial charge on any atom is 0.266 e. The van der Waals surface area contributed by atoms with Gasteiger partial charge >= 0.3 is 0 Å². The van der Waals surface area contributed by atoms with Crippen molar-refractivity contribution in [2.45, 2.75) is 38.6 Å². The molecule has 3 heterocycles. The first-order valence-corrected chi connectivity index (χ1v) is 11.8. The van der Waals surface area contributed by atoms with Crippen molar-refractivity contribution in [3.63, 3.8) is 0 Å². The van der Waals surface area contributed by atoms with E-state index in [0.29, 0.717) is 22.4 Å². The molecule has 0 unspecified atom stereocenters. The monoisotopic (exact) mass is 439 g/mol. The minimum atomic E-state index is 0.0502. The van der Waals surface area contributed by atoms with Crippen LogP contribution >= 0.6 is 24.0 Å². The summed E-state index contributed by atoms with van der Waals surface area (Å²) in [6.07, 6.45) is 6.45. The van der Waals surface area contributed by atoms with Gasteiger partial charge < -0.3 is 9.64 Å². The molecule has 0 radical (unpaired) electrons. The summed E-state index contributed by atoms with van der Waals surface area (Å²) in [5.74, 6) is 0.968. The Hall–Kier alpha value is -1.96. The summed E-state index contributed by atoms with van der Waals surface area (Å²) < 4.78 is 6.22. The van der Waals surface area contributed by atoms with E-state index in [1.54, 1.807) is 0 Å². The molecule has 3 aliphatic rings. The van der Waals surface area contributed by atoms with E-state index in [2.05, 4.69) is 36.1 Å². The van der Waals surface area contributed by atoms with Gasteiger partial charge in [0.2, 0.25) is 0 Å². The van der Waals surface area contributed by atoms with Crippen molar-refractivity contribution in [3.8, 4) is 0 Å². The number of carbonyl (C=O) groups is 1. The molecule has 156 valence electrons. The second kappa shape index (κ2) is 8.29. The molecule has 1 aromatic carbocycles. The van der Waals surface area contributed by atoms with Crippen LogP contribution in [0.5, 0.6) is 0 Å². The van der Waals surface area contributed by atoms with E-state index in [0.717, 1.165) is 48.2 Å². The minimum absolute atomic E-state index is 0.0502. The Kier molecular flexibility index (Phi) is 5.52. The van der Waals surface area contributed by atoms with Crippen LogP contribution in [0.3, 0.4) is 0 Å². The Morgan fingerprint density at radius 1 is 1.20 bits per heavy atom. The zero-order valence-electron chi connectivity index (χ0n) is 17.1. The van der Waals surface area contributed by atoms with Gasteiger partial charge in [-0.1, -0.05) is 48.5 Å². The van der Waals surface area contributed by atoms with Crippen molar-refractivity contribution in [3.05, 3.63) is 40.3 Å². The number of aromatic nitrogens is 1. The highest BCUT2D eigenvalue weighted by Gasteiger charge is 2.38. The quantitative estimate of drug-likeness (QED) is 0.517. The smallest absolute Gasteiger partial charge is 0.266 e. The Morgan fingerprint density at radius 3 is 2.73 bits per heavy atom. The molecule has 1 aromatic heterocycles. The fourth-order valence-corrected chi connectivity index (χ4v) is 5.93. The standard InChI is InChI=1S/C23H25N3O2S2/c1-15-6-7-19-16(12-15)13-17(21(24-19)25-8-10-28-11-9-25)14-20-22(27)26(23(29)30-20)18-4-2-3-5-18/h6-7,12-14,18H,2-5,8-11H2,1H3/b20-14-. The predicted octanol–water partition coefficient (Wildman–Crippen LogP) is 4.52. The highest BCUT2D eigenvalue weighted by molar-refractivity contribution is 8.26. The molecule has 5 rings (SSSR count). The van der Waals surface area contributed by atoms with Crippen molar-refractivity contribution < 1.29 is 9.53 Å². The van der Waals surface area contributed by atoms with E-state index in [-0.39, 0.29) is 11.9 Å². The summed E-state index contributed by atoms with van der Waals surface area (Å²) in [4.78, 5) is 23.0. The highest BCUT2D eigenvalue weighted by atomic mass is 32.2. The Balaban J connectivity index is 1.56. The molecule has 0 N–H and O–H groups in total. The highest BCUT2D eigenvalue weighted by Crippen LogP contribution is 2.39. The van der Waals surface area contributed by atoms with Crippen molar-refractivity contribution in [2.75, 3.05) is 31.2 Å². The summed E-state index contributed by atoms with van der Waals surface area (Å²) in [5.41, 5.74) is 3.14. The third-order valence-corrected chi connectivity index (χ3v) is 7.42. The van der Waals surface area contributed by atoms with Crippen LogP contribution < -0.4 is 4.90 Å². The number of carbonyl (C=O) groups excluding carboxylic acids is 1. The van der Waals surface area contributed by atoms with Gasteiger partial charge in [-0.15, -0.1) is 0 Å². The summed E-state index contributed by atoms with van der Waals surface area (Å²) in [5, 5.41) is 1.09. The number of pyridine rings is 1. The van der Waals surface area contributed by atoms with Gasteiger partial charge in [-0.3, -0.25) is 9.69 Å². The van der Waals surface area contributed by atoms with E-state index in [1.165, 1.54) is 30.2 Å². The SMILES string of the molecule is Cc1ccc2nc(N3CCOCC3)c(/C=C3\SC(=S)N(C4CCCC4)C3=O)cc2c1. The molecule has 0 spiro atoms. The molecule has 2 aromatic rings. The van der Waals surface area contributed by atoms with E-state index in [4.69, 9.17) is 21.9 Å². The average Bonchev–Trinajstić information content (AvgIpc) is 3.36. The summed E-state index contributed by atoms with van der Waals surface area (Å²) in [7, 11) is 0. The summed E-state index contributed by atoms with van der Waals surface area (Å²) >= 11 is 7.01. The fraction of sp³-hybridized carbons (Fsp3) is 0.435. The van der Waals surface area contributed by atoms with Gasteiger partial charge in [0.1, 0.15) is 10.1 Å². The lowest BCUT2D eigenvalue weighted by Crippen LogP contribution is -2.37. The number of morpholine rings is 1. The predicted molar refractivity (Wildman–Crippen MR) is 127 cm³/mol. The first kappa shape index (κ1) is 20.0. The van der Waals surface area contributed by atoms with Crippen molar-refractivity contribution in [1.29, 1.82) is 0 Å². The van der Waals surface area contributed by atoms with Crippen LogP contribution in [0.2, 0.25) is 0 Å². The van der Waals surface area contributed by atoms with Crippen LogP contribution in [-0.4, -0.2) is 52.5 Å². The van der Waals surface area contributed by atoms with Gasteiger partial charge in [-0.2, -0.15) is 0 Å². The molecule has 1 aliphatic carbocycles. The Morgan fingerprint density at radius 2 is 1.97 bits per heavy atom. The zero-order valence-corrected chi connectivity index (χ0v) is 18.7. The third-order valence-electron chi connectivity index (χ3n) is 6.09. The van der Waals surface area contributed by atoms with Gasteiger partial charge in [0, 0.05) is 30.1 Å². The molecule has 5 nitrogen and oxygen atoms in total. The van der Waals surface area contributed by atoms with Gasteiger partial charge in [0.15, 0.2) is 0 Å². The van der Waals surface area contributed by atoms with Crippen molar-refractivity contribution in [2.24, 2.45) is 0 Å². The van der Waals surface area contributed by atoms with E-state index in [9.17, 15) is 4.79 Å². The summed E-state index contributed by atoms with van der Waals surface area (Å²) in [6, 6.07) is 8.72. The number of hydrogen-bond donors (Lipinski definition) is 0. The molecule has 0 bridgehead atoms. The van der Waals surface area contributed by atoms with E-state index >= 15 is 0 Å². The molecular weight excluding hydrogens is 414 g/mol. The van der Waals surface area contributed by atoms with E-state index in [1.807, 2.05) is 11.0 Å². The molecule has 1 saturated carbocycles. The Labute approximate surface area is 186 Å². The minimum Gasteiger partial charge on any atom is -0.378 e. The average molecular weight is 440 g/mol. The van der Waals surface area contributed by atoms with Crippen LogP contribution in [0.15, 0.2) is 29.2 Å². The molecule has 30 heavy (non-hydrogen) atoms. The maximum atomic E-state index is 13.2. The van der Waals surface area contributed by atoms with Gasteiger partial charge in [0.25, 0.3) is 5.91 Å². The second-order valence-corrected chi connectivity index (χ2v) is 9.86. The Bertz CT molecular complexity index is 1040. The number of nitrogens with zero attached hydrogens (tertiary/aromatic N) is 3. The zero-order chi connectivity index (χ0) is 20.7. The number of fused-ring (bicyclic) bond motifs is 1. The molecular formula is C23H25N3O2S2. The number of ether oxygens (including phenoxy) is 1. The number of benzene rings is 1. The van der Waals surface area contributed by atoms with E-state index < -0.39 is 0 Å². The molecule has 1 amide bonds. The topological polar surface area (TPSA) is 45.7 Å². The first-order valence-electron chi connectivity index (χ1n) is 10.6. The molecule has 0 atom stereocenters. The number of thiocarbonyl (C=S) groups is 1. The largest absolute Gasteiger partial charge is 0.378 e. The number of thioether (sulfide) groups is 1. The van der Waals surface area contributed by atoms with Crippen LogP contribution in [0.1, 0.15) is 36.8 Å².